The van der Waals surface area contributed by atoms with E-state index in [-0.39, 0.29) is 5.92 Å². The molecule has 2 aromatic rings. The van der Waals surface area contributed by atoms with Crippen molar-refractivity contribution in [1.29, 1.82) is 0 Å². The number of nitrogens with two attached hydrogens (primary N) is 1. The monoisotopic (exact) mass is 305 g/mol. The number of anilines is 2. The summed E-state index contributed by atoms with van der Waals surface area (Å²) in [5, 5.41) is 3.40. The summed E-state index contributed by atoms with van der Waals surface area (Å²) in [6.07, 6.45) is 0. The van der Waals surface area contributed by atoms with Crippen LogP contribution >= 0.6 is 11.3 Å². The highest BCUT2D eigenvalue weighted by atomic mass is 32.1. The molecule has 0 amide bonds. The van der Waals surface area contributed by atoms with Crippen molar-refractivity contribution in [3.8, 4) is 0 Å². The first-order valence-electron chi connectivity index (χ1n) is 7.07. The average Bonchev–Trinajstić information content (AvgIpc) is 2.76. The number of thiophene rings is 1. The third-order valence-corrected chi connectivity index (χ3v) is 4.62. The van der Waals surface area contributed by atoms with Gasteiger partial charge < -0.3 is 10.7 Å². The lowest BCUT2D eigenvalue weighted by Gasteiger charge is -2.14. The lowest BCUT2D eigenvalue weighted by atomic mass is 10.2. The molecule has 6 heteroatoms. The molecule has 0 saturated carbocycles. The Kier molecular flexibility index (Phi) is 4.80. The molecular weight excluding hydrogens is 282 g/mol. The number of nitrogens with one attached hydrogen (secondary N) is 2. The van der Waals surface area contributed by atoms with Crippen LogP contribution in [-0.4, -0.2) is 9.97 Å². The Morgan fingerprint density at radius 2 is 1.86 bits per heavy atom. The Morgan fingerprint density at radius 3 is 2.38 bits per heavy atom. The van der Waals surface area contributed by atoms with E-state index in [0.29, 0.717) is 5.82 Å². The molecule has 2 rings (SSSR count). The van der Waals surface area contributed by atoms with Crippen molar-refractivity contribution >= 4 is 23.0 Å². The highest BCUT2D eigenvalue weighted by Crippen LogP contribution is 2.25. The molecule has 2 heterocycles. The predicted molar refractivity (Wildman–Crippen MR) is 89.8 cm³/mol. The lowest BCUT2D eigenvalue weighted by molar-refractivity contribution is 0.772. The van der Waals surface area contributed by atoms with Crippen LogP contribution in [0.3, 0.4) is 0 Å². The van der Waals surface area contributed by atoms with E-state index in [0.717, 1.165) is 23.8 Å². The van der Waals surface area contributed by atoms with Crippen LogP contribution < -0.4 is 16.6 Å². The van der Waals surface area contributed by atoms with Gasteiger partial charge >= 0.3 is 0 Å². The first kappa shape index (κ1) is 15.7. The molecule has 0 saturated heterocycles. The Hall–Kier alpha value is -1.66. The van der Waals surface area contributed by atoms with E-state index in [1.54, 1.807) is 0 Å². The van der Waals surface area contributed by atoms with Crippen molar-refractivity contribution in [2.75, 3.05) is 10.7 Å². The number of nitrogen functional groups attached to an aromatic ring is 1. The third-order valence-electron chi connectivity index (χ3n) is 3.46. The van der Waals surface area contributed by atoms with Crippen LogP contribution in [0, 0.1) is 20.8 Å². The molecule has 0 aliphatic carbocycles. The number of aromatic nitrogens is 2. The summed E-state index contributed by atoms with van der Waals surface area (Å²) in [6.45, 7) is 11.2. The second-order valence-corrected chi connectivity index (χ2v) is 6.85. The number of aryl methyl sites for hydroxylation is 2. The molecule has 4 N–H and O–H groups in total. The van der Waals surface area contributed by atoms with E-state index in [4.69, 9.17) is 5.84 Å². The molecule has 0 fully saturated rings. The van der Waals surface area contributed by atoms with Gasteiger partial charge in [0.2, 0.25) is 0 Å². The maximum absolute atomic E-state index is 5.55. The summed E-state index contributed by atoms with van der Waals surface area (Å²) in [6, 6.07) is 2.22. The van der Waals surface area contributed by atoms with Crippen molar-refractivity contribution < 1.29 is 0 Å². The molecule has 0 bridgehead atoms. The summed E-state index contributed by atoms with van der Waals surface area (Å²) in [5.74, 6) is 8.11. The topological polar surface area (TPSA) is 75.9 Å². The Bertz CT molecular complexity index is 614. The summed E-state index contributed by atoms with van der Waals surface area (Å²) >= 11 is 1.81. The number of hydrazine groups is 1. The smallest absolute Gasteiger partial charge is 0.148 e. The van der Waals surface area contributed by atoms with Crippen LogP contribution in [0.2, 0.25) is 0 Å². The molecule has 0 unspecified atom stereocenters. The molecule has 0 aliphatic heterocycles. The molecular formula is C15H23N5S. The van der Waals surface area contributed by atoms with Gasteiger partial charge in [-0.1, -0.05) is 13.8 Å². The zero-order valence-corrected chi connectivity index (χ0v) is 14.1. The van der Waals surface area contributed by atoms with E-state index in [1.807, 2.05) is 18.3 Å². The van der Waals surface area contributed by atoms with Gasteiger partial charge in [-0.15, -0.1) is 11.3 Å². The van der Waals surface area contributed by atoms with Crippen molar-refractivity contribution in [1.82, 2.24) is 9.97 Å². The summed E-state index contributed by atoms with van der Waals surface area (Å²) < 4.78 is 0. The minimum Gasteiger partial charge on any atom is -0.365 e. The SMILES string of the molecule is Cc1cc(CNc2nc(C(C)C)nc(NN)c2C)sc1C. The van der Waals surface area contributed by atoms with Crippen LogP contribution in [0.1, 0.15) is 46.5 Å². The highest BCUT2D eigenvalue weighted by Gasteiger charge is 2.12. The molecule has 0 aliphatic rings. The fraction of sp³-hybridized carbons (Fsp3) is 0.467. The second kappa shape index (κ2) is 6.41. The van der Waals surface area contributed by atoms with Crippen LogP contribution in [0.4, 0.5) is 11.6 Å². The van der Waals surface area contributed by atoms with Crippen molar-refractivity contribution in [2.24, 2.45) is 5.84 Å². The van der Waals surface area contributed by atoms with Gasteiger partial charge in [0.25, 0.3) is 0 Å². The molecule has 0 spiro atoms. The third kappa shape index (κ3) is 3.51. The van der Waals surface area contributed by atoms with E-state index in [9.17, 15) is 0 Å². The lowest BCUT2D eigenvalue weighted by Crippen LogP contribution is -2.15. The molecule has 0 radical (unpaired) electrons. The van der Waals surface area contributed by atoms with Gasteiger partial charge in [-0.25, -0.2) is 15.8 Å². The van der Waals surface area contributed by atoms with Gasteiger partial charge in [0.15, 0.2) is 0 Å². The first-order chi connectivity index (χ1) is 9.92. The number of rotatable bonds is 5. The van der Waals surface area contributed by atoms with Gasteiger partial charge in [-0.2, -0.15) is 0 Å². The number of nitrogens with zero attached hydrogens (tertiary/aromatic N) is 2. The van der Waals surface area contributed by atoms with E-state index < -0.39 is 0 Å². The summed E-state index contributed by atoms with van der Waals surface area (Å²) in [4.78, 5) is 11.7. The van der Waals surface area contributed by atoms with E-state index in [1.165, 1.54) is 15.3 Å². The zero-order chi connectivity index (χ0) is 15.6. The van der Waals surface area contributed by atoms with Crippen LogP contribution in [0.15, 0.2) is 6.07 Å². The zero-order valence-electron chi connectivity index (χ0n) is 13.2. The van der Waals surface area contributed by atoms with E-state index in [2.05, 4.69) is 54.5 Å². The molecule has 114 valence electrons. The van der Waals surface area contributed by atoms with Crippen molar-refractivity contribution in [3.63, 3.8) is 0 Å². The standard InChI is InChI=1S/C15H23N5S/c1-8(2)13-18-14(10(4)15(19-13)20-16)17-7-12-6-9(3)11(5)21-12/h6,8H,7,16H2,1-5H3,(H2,17,18,19,20). The van der Waals surface area contributed by atoms with Crippen molar-refractivity contribution in [2.45, 2.75) is 47.1 Å². The number of hydrogen-bond acceptors (Lipinski definition) is 6. The quantitative estimate of drug-likeness (QED) is 0.582. The molecule has 2 aromatic heterocycles. The predicted octanol–water partition coefficient (Wildman–Crippen LogP) is 3.48. The summed E-state index contributed by atoms with van der Waals surface area (Å²) in [5.41, 5.74) is 4.93. The Balaban J connectivity index is 2.24. The molecule has 0 aromatic carbocycles. The van der Waals surface area contributed by atoms with Crippen LogP contribution in [-0.2, 0) is 6.54 Å². The van der Waals surface area contributed by atoms with Gasteiger partial charge in [-0.3, -0.25) is 0 Å². The highest BCUT2D eigenvalue weighted by molar-refractivity contribution is 7.12. The largest absolute Gasteiger partial charge is 0.365 e. The average molecular weight is 305 g/mol. The van der Waals surface area contributed by atoms with E-state index >= 15 is 0 Å². The second-order valence-electron chi connectivity index (χ2n) is 5.51. The maximum Gasteiger partial charge on any atom is 0.148 e. The molecule has 0 atom stereocenters. The fourth-order valence-corrected chi connectivity index (χ4v) is 3.01. The maximum atomic E-state index is 5.55. The van der Waals surface area contributed by atoms with Crippen LogP contribution in [0.5, 0.6) is 0 Å². The molecule has 5 nitrogen and oxygen atoms in total. The Morgan fingerprint density at radius 1 is 1.19 bits per heavy atom. The van der Waals surface area contributed by atoms with Crippen molar-refractivity contribution in [3.05, 3.63) is 32.8 Å². The Labute approximate surface area is 130 Å². The van der Waals surface area contributed by atoms with Gasteiger partial charge in [0, 0.05) is 21.2 Å². The van der Waals surface area contributed by atoms with Gasteiger partial charge in [0.05, 0.1) is 6.54 Å². The van der Waals surface area contributed by atoms with Gasteiger partial charge in [-0.05, 0) is 32.4 Å². The first-order valence-corrected chi connectivity index (χ1v) is 7.89. The minimum absolute atomic E-state index is 0.254. The minimum atomic E-state index is 0.254. The van der Waals surface area contributed by atoms with Gasteiger partial charge in [0.1, 0.15) is 17.5 Å². The fourth-order valence-electron chi connectivity index (χ4n) is 2.01. The number of hydrogen-bond donors (Lipinski definition) is 3. The molecule has 21 heavy (non-hydrogen) atoms. The summed E-state index contributed by atoms with van der Waals surface area (Å²) in [7, 11) is 0. The van der Waals surface area contributed by atoms with Crippen LogP contribution in [0.25, 0.3) is 0 Å². The normalized spacial score (nSPS) is 11.0.